The monoisotopic (exact) mass is 120 g/mol. The molecule has 0 heterocycles. The molecule has 0 aromatic rings. The molecule has 0 radical (unpaired) electrons. The fourth-order valence-electron chi connectivity index (χ4n) is 0.517. The van der Waals surface area contributed by atoms with Gasteiger partial charge in [-0.25, -0.2) is 4.39 Å². The largest absolute Gasteiger partial charge is 0.390 e. The van der Waals surface area contributed by atoms with Gasteiger partial charge in [-0.05, 0) is 6.42 Å². The molecule has 0 aliphatic rings. The van der Waals surface area contributed by atoms with E-state index in [1.54, 1.807) is 0 Å². The molecule has 0 spiro atoms. The van der Waals surface area contributed by atoms with Gasteiger partial charge in [-0.1, -0.05) is 19.8 Å². The van der Waals surface area contributed by atoms with Crippen LogP contribution in [0.25, 0.3) is 0 Å². The molecular weight excluding hydrogens is 107 g/mol. The second-order valence-electron chi connectivity index (χ2n) is 1.95. The normalized spacial score (nSPS) is 13.9. The lowest BCUT2D eigenvalue weighted by Gasteiger charge is -2.01. The molecule has 0 saturated heterocycles. The minimum absolute atomic E-state index is 0.597. The first-order chi connectivity index (χ1) is 3.81. The molecule has 1 N–H and O–H groups in total. The molecule has 0 aliphatic heterocycles. The third-order valence-electron chi connectivity index (χ3n) is 1.07. The molecule has 0 fully saturated rings. The number of halogens is 1. The molecule has 0 aliphatic carbocycles. The smallest absolute Gasteiger partial charge is 0.115 e. The molecule has 0 aromatic carbocycles. The first-order valence-corrected chi connectivity index (χ1v) is 3.05. The van der Waals surface area contributed by atoms with E-state index in [-0.39, 0.29) is 0 Å². The summed E-state index contributed by atoms with van der Waals surface area (Å²) < 4.78 is 11.5. The van der Waals surface area contributed by atoms with Gasteiger partial charge in [0.1, 0.15) is 6.67 Å². The first-order valence-electron chi connectivity index (χ1n) is 3.05. The van der Waals surface area contributed by atoms with Crippen molar-refractivity contribution in [3.8, 4) is 0 Å². The summed E-state index contributed by atoms with van der Waals surface area (Å²) in [5.74, 6) is 0. The molecule has 8 heavy (non-hydrogen) atoms. The lowest BCUT2D eigenvalue weighted by atomic mass is 10.2. The van der Waals surface area contributed by atoms with E-state index in [1.165, 1.54) is 0 Å². The van der Waals surface area contributed by atoms with Gasteiger partial charge in [0.15, 0.2) is 0 Å². The van der Waals surface area contributed by atoms with E-state index >= 15 is 0 Å². The third-order valence-corrected chi connectivity index (χ3v) is 1.07. The Labute approximate surface area is 49.5 Å². The van der Waals surface area contributed by atoms with Crippen LogP contribution < -0.4 is 0 Å². The summed E-state index contributed by atoms with van der Waals surface area (Å²) >= 11 is 0. The Hall–Kier alpha value is -0.110. The Bertz CT molecular complexity index is 47.8. The Morgan fingerprint density at radius 2 is 2.25 bits per heavy atom. The van der Waals surface area contributed by atoms with Crippen LogP contribution in [0, 0.1) is 0 Å². The highest BCUT2D eigenvalue weighted by Gasteiger charge is 1.99. The minimum atomic E-state index is -0.713. The zero-order chi connectivity index (χ0) is 6.41. The number of hydrogen-bond acceptors (Lipinski definition) is 1. The lowest BCUT2D eigenvalue weighted by Crippen LogP contribution is -2.07. The van der Waals surface area contributed by atoms with E-state index in [4.69, 9.17) is 5.11 Å². The predicted octanol–water partition coefficient (Wildman–Crippen LogP) is 1.51. The molecule has 0 saturated carbocycles. The molecule has 50 valence electrons. The summed E-state index contributed by atoms with van der Waals surface area (Å²) in [7, 11) is 0. The second-order valence-corrected chi connectivity index (χ2v) is 1.95. The van der Waals surface area contributed by atoms with Crippen LogP contribution in [0.4, 0.5) is 4.39 Å². The third kappa shape index (κ3) is 4.06. The average Bonchev–Trinajstić information content (AvgIpc) is 1.83. The fraction of sp³-hybridized carbons (Fsp3) is 1.00. The molecular formula is C6H13FO. The van der Waals surface area contributed by atoms with Gasteiger partial charge >= 0.3 is 0 Å². The van der Waals surface area contributed by atoms with Gasteiger partial charge in [0.05, 0.1) is 6.10 Å². The highest BCUT2D eigenvalue weighted by atomic mass is 19.1. The summed E-state index contributed by atoms with van der Waals surface area (Å²) in [5.41, 5.74) is 0. The summed E-state index contributed by atoms with van der Waals surface area (Å²) in [4.78, 5) is 0. The molecule has 2 heteroatoms. The maximum Gasteiger partial charge on any atom is 0.115 e. The van der Waals surface area contributed by atoms with Crippen molar-refractivity contribution in [2.24, 2.45) is 0 Å². The second kappa shape index (κ2) is 5.04. The SMILES string of the molecule is CCCC[C@H](O)CF. The summed E-state index contributed by atoms with van der Waals surface area (Å²) in [5, 5.41) is 8.61. The summed E-state index contributed by atoms with van der Waals surface area (Å²) in [6, 6.07) is 0. The van der Waals surface area contributed by atoms with Gasteiger partial charge in [-0.3, -0.25) is 0 Å². The van der Waals surface area contributed by atoms with Crippen LogP contribution in [0.3, 0.4) is 0 Å². The molecule has 0 amide bonds. The van der Waals surface area contributed by atoms with Crippen LogP contribution in [0.1, 0.15) is 26.2 Å². The van der Waals surface area contributed by atoms with Crippen molar-refractivity contribution < 1.29 is 9.50 Å². The zero-order valence-electron chi connectivity index (χ0n) is 5.23. The van der Waals surface area contributed by atoms with Gasteiger partial charge in [-0.2, -0.15) is 0 Å². The quantitative estimate of drug-likeness (QED) is 0.596. The number of aliphatic hydroxyl groups excluding tert-OH is 1. The summed E-state index contributed by atoms with van der Waals surface area (Å²) in [6.07, 6.45) is 1.84. The predicted molar refractivity (Wildman–Crippen MR) is 31.5 cm³/mol. The lowest BCUT2D eigenvalue weighted by molar-refractivity contribution is 0.128. The van der Waals surface area contributed by atoms with Crippen LogP contribution in [-0.2, 0) is 0 Å². The van der Waals surface area contributed by atoms with E-state index < -0.39 is 12.8 Å². The number of unbranched alkanes of at least 4 members (excludes halogenated alkanes) is 1. The van der Waals surface area contributed by atoms with E-state index in [0.717, 1.165) is 12.8 Å². The molecule has 0 aromatic heterocycles. The van der Waals surface area contributed by atoms with Crippen molar-refractivity contribution in [2.45, 2.75) is 32.3 Å². The Morgan fingerprint density at radius 3 is 2.62 bits per heavy atom. The Morgan fingerprint density at radius 1 is 1.62 bits per heavy atom. The van der Waals surface area contributed by atoms with Gasteiger partial charge in [0.25, 0.3) is 0 Å². The molecule has 1 atom stereocenters. The Kier molecular flexibility index (Phi) is 4.97. The van der Waals surface area contributed by atoms with Crippen LogP contribution in [0.5, 0.6) is 0 Å². The van der Waals surface area contributed by atoms with Crippen LogP contribution in [-0.4, -0.2) is 17.9 Å². The topological polar surface area (TPSA) is 20.2 Å². The van der Waals surface area contributed by atoms with Gasteiger partial charge < -0.3 is 5.11 Å². The van der Waals surface area contributed by atoms with Gasteiger partial charge in [-0.15, -0.1) is 0 Å². The number of rotatable bonds is 4. The van der Waals surface area contributed by atoms with E-state index in [1.807, 2.05) is 6.92 Å². The Balaban J connectivity index is 2.86. The van der Waals surface area contributed by atoms with Crippen LogP contribution in [0.2, 0.25) is 0 Å². The molecule has 0 rings (SSSR count). The van der Waals surface area contributed by atoms with Crippen molar-refractivity contribution in [3.05, 3.63) is 0 Å². The van der Waals surface area contributed by atoms with Crippen LogP contribution in [0.15, 0.2) is 0 Å². The van der Waals surface area contributed by atoms with Crippen molar-refractivity contribution in [1.82, 2.24) is 0 Å². The maximum absolute atomic E-state index is 11.5. The zero-order valence-corrected chi connectivity index (χ0v) is 5.23. The van der Waals surface area contributed by atoms with Gasteiger partial charge in [0, 0.05) is 0 Å². The average molecular weight is 120 g/mol. The number of aliphatic hydroxyl groups is 1. The minimum Gasteiger partial charge on any atom is -0.390 e. The van der Waals surface area contributed by atoms with E-state index in [9.17, 15) is 4.39 Å². The van der Waals surface area contributed by atoms with E-state index in [2.05, 4.69) is 0 Å². The van der Waals surface area contributed by atoms with Gasteiger partial charge in [0.2, 0.25) is 0 Å². The van der Waals surface area contributed by atoms with E-state index in [0.29, 0.717) is 6.42 Å². The molecule has 1 nitrogen and oxygen atoms in total. The number of alkyl halides is 1. The van der Waals surface area contributed by atoms with Crippen molar-refractivity contribution >= 4 is 0 Å². The molecule has 0 unspecified atom stereocenters. The highest BCUT2D eigenvalue weighted by molar-refractivity contribution is 4.50. The summed E-state index contributed by atoms with van der Waals surface area (Å²) in [6.45, 7) is 1.42. The van der Waals surface area contributed by atoms with Crippen molar-refractivity contribution in [3.63, 3.8) is 0 Å². The standard InChI is InChI=1S/C6H13FO/c1-2-3-4-6(8)5-7/h6,8H,2-5H2,1H3/t6-/m0/s1. The first kappa shape index (κ1) is 7.89. The van der Waals surface area contributed by atoms with Crippen LogP contribution >= 0.6 is 0 Å². The van der Waals surface area contributed by atoms with Crippen molar-refractivity contribution in [1.29, 1.82) is 0 Å². The number of hydrogen-bond donors (Lipinski definition) is 1. The highest BCUT2D eigenvalue weighted by Crippen LogP contribution is 1.99. The van der Waals surface area contributed by atoms with Crippen molar-refractivity contribution in [2.75, 3.05) is 6.67 Å². The maximum atomic E-state index is 11.5. The molecule has 0 bridgehead atoms. The fourth-order valence-corrected chi connectivity index (χ4v) is 0.517.